The van der Waals surface area contributed by atoms with Gasteiger partial charge in [0, 0.05) is 21.7 Å². The topological polar surface area (TPSA) is 78.1 Å². The average Bonchev–Trinajstić information content (AvgIpc) is 3.48. The SMILES string of the molecule is C=C1c2ccccc2C(=O)N1CC(=O)Nc1sc2c(c1-c1nc3ccccc3[nH]1)CCCC2. The van der Waals surface area contributed by atoms with Crippen LogP contribution in [0.1, 0.15) is 39.2 Å². The smallest absolute Gasteiger partial charge is 0.259 e. The molecule has 0 saturated heterocycles. The standard InChI is InChI=1S/C26H22N4O2S/c1-15-16-8-2-3-9-17(16)26(32)30(15)14-22(31)29-25-23(18-10-4-7-13-21(18)33-25)24-27-19-11-5-6-12-20(19)28-24/h2-3,5-6,8-9,11-12H,1,4,7,10,13-14H2,(H,27,28)(H,29,31). The quantitative estimate of drug-likeness (QED) is 0.443. The summed E-state index contributed by atoms with van der Waals surface area (Å²) in [6.45, 7) is 3.97. The molecule has 0 fully saturated rings. The summed E-state index contributed by atoms with van der Waals surface area (Å²) in [7, 11) is 0. The van der Waals surface area contributed by atoms with E-state index in [-0.39, 0.29) is 18.4 Å². The van der Waals surface area contributed by atoms with Crippen LogP contribution < -0.4 is 5.32 Å². The lowest BCUT2D eigenvalue weighted by atomic mass is 9.95. The Morgan fingerprint density at radius 3 is 2.67 bits per heavy atom. The van der Waals surface area contributed by atoms with Gasteiger partial charge in [-0.15, -0.1) is 11.3 Å². The van der Waals surface area contributed by atoms with Crippen LogP contribution in [0.25, 0.3) is 28.1 Å². The van der Waals surface area contributed by atoms with Gasteiger partial charge in [0.15, 0.2) is 0 Å². The highest BCUT2D eigenvalue weighted by atomic mass is 32.1. The lowest BCUT2D eigenvalue weighted by molar-refractivity contribution is -0.116. The molecule has 2 N–H and O–H groups in total. The summed E-state index contributed by atoms with van der Waals surface area (Å²) in [4.78, 5) is 36.9. The van der Waals surface area contributed by atoms with Gasteiger partial charge in [-0.25, -0.2) is 4.98 Å². The van der Waals surface area contributed by atoms with Gasteiger partial charge in [0.05, 0.1) is 16.6 Å². The number of benzene rings is 2. The zero-order chi connectivity index (χ0) is 22.5. The average molecular weight is 455 g/mol. The zero-order valence-corrected chi connectivity index (χ0v) is 18.8. The molecular formula is C26H22N4O2S. The van der Waals surface area contributed by atoms with Crippen molar-refractivity contribution >= 4 is 44.9 Å². The summed E-state index contributed by atoms with van der Waals surface area (Å²) in [6.07, 6.45) is 4.27. The molecule has 1 aliphatic carbocycles. The van der Waals surface area contributed by atoms with Gasteiger partial charge in [-0.05, 0) is 49.4 Å². The van der Waals surface area contributed by atoms with Crippen molar-refractivity contribution < 1.29 is 9.59 Å². The van der Waals surface area contributed by atoms with Crippen LogP contribution in [0.5, 0.6) is 0 Å². The van der Waals surface area contributed by atoms with Gasteiger partial charge >= 0.3 is 0 Å². The Balaban J connectivity index is 1.32. The second kappa shape index (κ2) is 7.71. The van der Waals surface area contributed by atoms with Gasteiger partial charge in [-0.1, -0.05) is 36.9 Å². The van der Waals surface area contributed by atoms with Gasteiger partial charge in [0.2, 0.25) is 5.91 Å². The van der Waals surface area contributed by atoms with Crippen molar-refractivity contribution in [3.63, 3.8) is 0 Å². The van der Waals surface area contributed by atoms with Crippen molar-refractivity contribution in [1.82, 2.24) is 14.9 Å². The number of rotatable bonds is 4. The predicted octanol–water partition coefficient (Wildman–Crippen LogP) is 5.24. The molecule has 0 spiro atoms. The Morgan fingerprint density at radius 2 is 1.85 bits per heavy atom. The number of hydrogen-bond acceptors (Lipinski definition) is 4. The van der Waals surface area contributed by atoms with Crippen LogP contribution in [-0.2, 0) is 17.6 Å². The number of aromatic amines is 1. The number of para-hydroxylation sites is 2. The first kappa shape index (κ1) is 19.9. The molecule has 7 heteroatoms. The number of amides is 2. The molecule has 4 aromatic rings. The minimum absolute atomic E-state index is 0.0749. The highest BCUT2D eigenvalue weighted by molar-refractivity contribution is 7.17. The Bertz CT molecular complexity index is 1380. The minimum atomic E-state index is -0.242. The first-order valence-corrected chi connectivity index (χ1v) is 11.9. The lowest BCUT2D eigenvalue weighted by Gasteiger charge is -2.17. The van der Waals surface area contributed by atoms with E-state index >= 15 is 0 Å². The minimum Gasteiger partial charge on any atom is -0.338 e. The molecule has 2 aromatic carbocycles. The third-order valence-corrected chi connectivity index (χ3v) is 7.60. The van der Waals surface area contributed by atoms with Gasteiger partial charge in [-0.2, -0.15) is 0 Å². The number of H-pyrrole nitrogens is 1. The number of hydrogen-bond donors (Lipinski definition) is 2. The van der Waals surface area contributed by atoms with Crippen molar-refractivity contribution in [2.45, 2.75) is 25.7 Å². The lowest BCUT2D eigenvalue weighted by Crippen LogP contribution is -2.32. The summed E-state index contributed by atoms with van der Waals surface area (Å²) in [6, 6.07) is 15.3. The number of fused-ring (bicyclic) bond motifs is 3. The second-order valence-electron chi connectivity index (χ2n) is 8.45. The van der Waals surface area contributed by atoms with Crippen LogP contribution in [0, 0.1) is 0 Å². The molecule has 0 radical (unpaired) electrons. The number of aryl methyl sites for hydroxylation is 1. The summed E-state index contributed by atoms with van der Waals surface area (Å²) in [5.74, 6) is 0.349. The van der Waals surface area contributed by atoms with E-state index in [1.807, 2.05) is 42.5 Å². The zero-order valence-electron chi connectivity index (χ0n) is 18.0. The Kier molecular flexibility index (Phi) is 4.66. The molecule has 0 saturated carbocycles. The number of carbonyl (C=O) groups excluding carboxylic acids is 2. The van der Waals surface area contributed by atoms with Crippen molar-refractivity contribution in [2.75, 3.05) is 11.9 Å². The summed E-state index contributed by atoms with van der Waals surface area (Å²) < 4.78 is 0. The van der Waals surface area contributed by atoms with Crippen LogP contribution in [0.3, 0.4) is 0 Å². The van der Waals surface area contributed by atoms with E-state index in [2.05, 4.69) is 16.9 Å². The molecule has 164 valence electrons. The fourth-order valence-electron chi connectivity index (χ4n) is 4.79. The van der Waals surface area contributed by atoms with E-state index in [0.29, 0.717) is 11.3 Å². The highest BCUT2D eigenvalue weighted by Crippen LogP contribution is 2.44. The maximum Gasteiger partial charge on any atom is 0.259 e. The van der Waals surface area contributed by atoms with Crippen LogP contribution in [0.4, 0.5) is 5.00 Å². The summed E-state index contributed by atoms with van der Waals surface area (Å²) >= 11 is 1.62. The van der Waals surface area contributed by atoms with E-state index in [4.69, 9.17) is 4.98 Å². The Hall–Kier alpha value is -3.71. The number of aromatic nitrogens is 2. The van der Waals surface area contributed by atoms with Gasteiger partial charge in [0.1, 0.15) is 17.4 Å². The van der Waals surface area contributed by atoms with Crippen molar-refractivity contribution in [2.24, 2.45) is 0 Å². The van der Waals surface area contributed by atoms with Crippen LogP contribution in [-0.4, -0.2) is 33.2 Å². The van der Waals surface area contributed by atoms with Crippen molar-refractivity contribution in [3.05, 3.63) is 76.7 Å². The largest absolute Gasteiger partial charge is 0.338 e. The van der Waals surface area contributed by atoms with Crippen LogP contribution in [0.15, 0.2) is 55.1 Å². The molecule has 2 amide bonds. The second-order valence-corrected chi connectivity index (χ2v) is 9.55. The molecule has 0 unspecified atom stereocenters. The highest BCUT2D eigenvalue weighted by Gasteiger charge is 2.32. The molecule has 2 aliphatic rings. The molecular weight excluding hydrogens is 432 g/mol. The maximum absolute atomic E-state index is 13.1. The number of imidazole rings is 1. The van der Waals surface area contributed by atoms with E-state index in [1.54, 1.807) is 17.4 Å². The summed E-state index contributed by atoms with van der Waals surface area (Å²) in [5.41, 5.74) is 6.06. The third kappa shape index (κ3) is 3.27. The third-order valence-electron chi connectivity index (χ3n) is 6.39. The van der Waals surface area contributed by atoms with E-state index in [9.17, 15) is 9.59 Å². The maximum atomic E-state index is 13.1. The normalized spacial score (nSPS) is 15.1. The summed E-state index contributed by atoms with van der Waals surface area (Å²) in [5, 5.41) is 3.88. The molecule has 1 aliphatic heterocycles. The van der Waals surface area contributed by atoms with Gasteiger partial charge < -0.3 is 10.3 Å². The monoisotopic (exact) mass is 454 g/mol. The molecule has 2 aromatic heterocycles. The number of carbonyl (C=O) groups is 2. The molecule has 33 heavy (non-hydrogen) atoms. The Morgan fingerprint density at radius 1 is 1.09 bits per heavy atom. The molecule has 6 nitrogen and oxygen atoms in total. The van der Waals surface area contributed by atoms with Crippen molar-refractivity contribution in [3.8, 4) is 11.4 Å². The fourth-order valence-corrected chi connectivity index (χ4v) is 6.09. The fraction of sp³-hybridized carbons (Fsp3) is 0.192. The van der Waals surface area contributed by atoms with Crippen LogP contribution in [0.2, 0.25) is 0 Å². The van der Waals surface area contributed by atoms with Crippen molar-refractivity contribution in [1.29, 1.82) is 0 Å². The van der Waals surface area contributed by atoms with Gasteiger partial charge in [0.25, 0.3) is 5.91 Å². The number of nitrogens with zero attached hydrogens (tertiary/aromatic N) is 2. The first-order valence-electron chi connectivity index (χ1n) is 11.1. The number of nitrogens with one attached hydrogen (secondary N) is 2. The Labute approximate surface area is 195 Å². The predicted molar refractivity (Wildman–Crippen MR) is 131 cm³/mol. The molecule has 0 atom stereocenters. The van der Waals surface area contributed by atoms with E-state index in [0.717, 1.165) is 58.7 Å². The van der Waals surface area contributed by atoms with E-state index in [1.165, 1.54) is 15.3 Å². The molecule has 6 rings (SSSR count). The molecule has 3 heterocycles. The van der Waals surface area contributed by atoms with E-state index < -0.39 is 0 Å². The number of anilines is 1. The van der Waals surface area contributed by atoms with Crippen LogP contribution >= 0.6 is 11.3 Å². The van der Waals surface area contributed by atoms with Gasteiger partial charge in [-0.3, -0.25) is 14.5 Å². The first-order chi connectivity index (χ1) is 16.1. The molecule has 0 bridgehead atoms. The number of thiophene rings is 1.